The number of aliphatic hydroxyl groups excluding tert-OH is 1. The largest absolute Gasteiger partial charge is 0.447 e. The third kappa shape index (κ3) is 5.51. The number of sulfonamides is 1. The van der Waals surface area contributed by atoms with Crippen LogP contribution in [0, 0.1) is 0 Å². The Balaban J connectivity index is 2.58. The molecule has 0 saturated heterocycles. The van der Waals surface area contributed by atoms with Crippen molar-refractivity contribution < 1.29 is 23.1 Å². The zero-order valence-corrected chi connectivity index (χ0v) is 10.5. The lowest BCUT2D eigenvalue weighted by Gasteiger charge is -2.07. The number of anilines is 2. The number of hydrogen-bond donors (Lipinski definition) is 3. The summed E-state index contributed by atoms with van der Waals surface area (Å²) in [5, 5.41) is 10.9. The fourth-order valence-corrected chi connectivity index (χ4v) is 1.69. The van der Waals surface area contributed by atoms with Gasteiger partial charge in [0.25, 0.3) is 0 Å². The van der Waals surface area contributed by atoms with E-state index < -0.39 is 16.1 Å². The second kappa shape index (κ2) is 6.22. The van der Waals surface area contributed by atoms with E-state index in [4.69, 9.17) is 5.11 Å². The molecular weight excluding hydrogens is 260 g/mol. The Morgan fingerprint density at radius 3 is 2.33 bits per heavy atom. The highest BCUT2D eigenvalue weighted by Crippen LogP contribution is 2.14. The van der Waals surface area contributed by atoms with E-state index in [9.17, 15) is 13.2 Å². The quantitative estimate of drug-likeness (QED) is 0.729. The zero-order chi connectivity index (χ0) is 13.6. The minimum atomic E-state index is -3.31. The number of aliphatic hydroxyl groups is 1. The van der Waals surface area contributed by atoms with Crippen LogP contribution in [0.2, 0.25) is 0 Å². The third-order valence-electron chi connectivity index (χ3n) is 1.76. The summed E-state index contributed by atoms with van der Waals surface area (Å²) in [5.41, 5.74) is 0.851. The lowest BCUT2D eigenvalue weighted by atomic mass is 10.3. The SMILES string of the molecule is CS(=O)(=O)Nc1ccc(NC(=O)OCCO)cc1. The number of nitrogens with one attached hydrogen (secondary N) is 2. The highest BCUT2D eigenvalue weighted by atomic mass is 32.2. The molecule has 8 heteroatoms. The van der Waals surface area contributed by atoms with Gasteiger partial charge in [0.05, 0.1) is 12.9 Å². The summed E-state index contributed by atoms with van der Waals surface area (Å²) in [6.07, 6.45) is 0.360. The molecule has 0 saturated carbocycles. The minimum absolute atomic E-state index is 0.0838. The summed E-state index contributed by atoms with van der Waals surface area (Å²) < 4.78 is 28.8. The van der Waals surface area contributed by atoms with Gasteiger partial charge in [0.15, 0.2) is 0 Å². The van der Waals surface area contributed by atoms with Crippen LogP contribution >= 0.6 is 0 Å². The number of carbonyl (C=O) groups excluding carboxylic acids is 1. The summed E-state index contributed by atoms with van der Waals surface area (Å²) in [6, 6.07) is 6.05. The van der Waals surface area contributed by atoms with Crippen LogP contribution in [-0.4, -0.2) is 39.1 Å². The van der Waals surface area contributed by atoms with Gasteiger partial charge < -0.3 is 9.84 Å². The van der Waals surface area contributed by atoms with E-state index >= 15 is 0 Å². The number of benzene rings is 1. The number of amides is 1. The zero-order valence-electron chi connectivity index (χ0n) is 9.71. The summed E-state index contributed by atoms with van der Waals surface area (Å²) in [7, 11) is -3.31. The van der Waals surface area contributed by atoms with E-state index in [2.05, 4.69) is 14.8 Å². The molecule has 0 spiro atoms. The van der Waals surface area contributed by atoms with Gasteiger partial charge in [-0.05, 0) is 24.3 Å². The number of carbonyl (C=O) groups is 1. The van der Waals surface area contributed by atoms with E-state index in [0.29, 0.717) is 11.4 Å². The van der Waals surface area contributed by atoms with Crippen molar-refractivity contribution in [2.45, 2.75) is 0 Å². The molecule has 3 N–H and O–H groups in total. The first-order chi connectivity index (χ1) is 8.40. The molecule has 0 aliphatic carbocycles. The monoisotopic (exact) mass is 274 g/mol. The van der Waals surface area contributed by atoms with Crippen molar-refractivity contribution in [3.05, 3.63) is 24.3 Å². The number of ether oxygens (including phenoxy) is 1. The standard InChI is InChI=1S/C10H14N2O5S/c1-18(15,16)12-9-4-2-8(3-5-9)11-10(14)17-7-6-13/h2-5,12-13H,6-7H2,1H3,(H,11,14). The maximum atomic E-state index is 11.1. The first-order valence-corrected chi connectivity index (χ1v) is 6.92. The Labute approximate surface area is 105 Å². The van der Waals surface area contributed by atoms with Crippen molar-refractivity contribution in [3.8, 4) is 0 Å². The van der Waals surface area contributed by atoms with Gasteiger partial charge in [0.1, 0.15) is 6.61 Å². The van der Waals surface area contributed by atoms with Crippen molar-refractivity contribution in [2.75, 3.05) is 29.5 Å². The van der Waals surface area contributed by atoms with E-state index in [1.165, 1.54) is 24.3 Å². The summed E-state index contributed by atoms with van der Waals surface area (Å²) in [5.74, 6) is 0. The average molecular weight is 274 g/mol. The molecule has 0 radical (unpaired) electrons. The van der Waals surface area contributed by atoms with Crippen molar-refractivity contribution in [2.24, 2.45) is 0 Å². The van der Waals surface area contributed by atoms with Crippen LogP contribution in [0.15, 0.2) is 24.3 Å². The van der Waals surface area contributed by atoms with E-state index in [1.54, 1.807) is 0 Å². The number of rotatable bonds is 5. The molecule has 7 nitrogen and oxygen atoms in total. The molecular formula is C10H14N2O5S. The Hall–Kier alpha value is -1.80. The molecule has 18 heavy (non-hydrogen) atoms. The summed E-state index contributed by atoms with van der Waals surface area (Å²) >= 11 is 0. The molecule has 0 aliphatic heterocycles. The Morgan fingerprint density at radius 2 is 1.83 bits per heavy atom. The normalized spacial score (nSPS) is 10.8. The van der Waals surface area contributed by atoms with Crippen molar-refractivity contribution in [1.82, 2.24) is 0 Å². The second-order valence-corrected chi connectivity index (χ2v) is 5.18. The molecule has 1 aromatic rings. The smallest absolute Gasteiger partial charge is 0.411 e. The van der Waals surface area contributed by atoms with Crippen LogP contribution in [0.4, 0.5) is 16.2 Å². The fraction of sp³-hybridized carbons (Fsp3) is 0.300. The van der Waals surface area contributed by atoms with E-state index in [-0.39, 0.29) is 13.2 Å². The average Bonchev–Trinajstić information content (AvgIpc) is 2.27. The van der Waals surface area contributed by atoms with Crippen LogP contribution < -0.4 is 10.0 Å². The minimum Gasteiger partial charge on any atom is -0.447 e. The van der Waals surface area contributed by atoms with Gasteiger partial charge in [0, 0.05) is 11.4 Å². The van der Waals surface area contributed by atoms with Crippen molar-refractivity contribution in [1.29, 1.82) is 0 Å². The van der Waals surface area contributed by atoms with Gasteiger partial charge in [-0.25, -0.2) is 13.2 Å². The Kier molecular flexibility index (Phi) is 4.93. The molecule has 0 aliphatic rings. The molecule has 0 bridgehead atoms. The first-order valence-electron chi connectivity index (χ1n) is 5.03. The van der Waals surface area contributed by atoms with E-state index in [1.807, 2.05) is 0 Å². The molecule has 0 heterocycles. The van der Waals surface area contributed by atoms with Gasteiger partial charge >= 0.3 is 6.09 Å². The lowest BCUT2D eigenvalue weighted by molar-refractivity contribution is 0.131. The molecule has 1 amide bonds. The van der Waals surface area contributed by atoms with E-state index in [0.717, 1.165) is 6.26 Å². The van der Waals surface area contributed by atoms with Gasteiger partial charge in [-0.3, -0.25) is 10.0 Å². The van der Waals surface area contributed by atoms with Crippen LogP contribution in [0.1, 0.15) is 0 Å². The molecule has 0 aromatic heterocycles. The predicted octanol–water partition coefficient (Wildman–Crippen LogP) is 0.599. The van der Waals surface area contributed by atoms with Crippen molar-refractivity contribution >= 4 is 27.5 Å². The van der Waals surface area contributed by atoms with Gasteiger partial charge in [-0.2, -0.15) is 0 Å². The highest BCUT2D eigenvalue weighted by molar-refractivity contribution is 7.92. The van der Waals surface area contributed by atoms with Gasteiger partial charge in [0.2, 0.25) is 10.0 Å². The molecule has 0 atom stereocenters. The maximum Gasteiger partial charge on any atom is 0.411 e. The van der Waals surface area contributed by atoms with Gasteiger partial charge in [-0.1, -0.05) is 0 Å². The Morgan fingerprint density at radius 1 is 1.28 bits per heavy atom. The summed E-state index contributed by atoms with van der Waals surface area (Å²) in [6.45, 7) is -0.329. The van der Waals surface area contributed by atoms with Crippen LogP contribution in [0.3, 0.4) is 0 Å². The molecule has 0 fully saturated rings. The predicted molar refractivity (Wildman–Crippen MR) is 67.0 cm³/mol. The topological polar surface area (TPSA) is 105 Å². The highest BCUT2D eigenvalue weighted by Gasteiger charge is 2.04. The lowest BCUT2D eigenvalue weighted by Crippen LogP contribution is -2.15. The molecule has 0 unspecified atom stereocenters. The molecule has 100 valence electrons. The summed E-state index contributed by atoms with van der Waals surface area (Å²) in [4.78, 5) is 11.1. The Bertz CT molecular complexity index is 498. The fourth-order valence-electron chi connectivity index (χ4n) is 1.13. The maximum absolute atomic E-state index is 11.1. The van der Waals surface area contributed by atoms with Crippen LogP contribution in [-0.2, 0) is 14.8 Å². The van der Waals surface area contributed by atoms with Gasteiger partial charge in [-0.15, -0.1) is 0 Å². The molecule has 1 rings (SSSR count). The third-order valence-corrected chi connectivity index (χ3v) is 2.37. The molecule has 1 aromatic carbocycles. The number of hydrogen-bond acceptors (Lipinski definition) is 5. The van der Waals surface area contributed by atoms with Crippen LogP contribution in [0.25, 0.3) is 0 Å². The first kappa shape index (κ1) is 14.3. The van der Waals surface area contributed by atoms with Crippen molar-refractivity contribution in [3.63, 3.8) is 0 Å². The van der Waals surface area contributed by atoms with Crippen LogP contribution in [0.5, 0.6) is 0 Å². The second-order valence-electron chi connectivity index (χ2n) is 3.44.